The van der Waals surface area contributed by atoms with E-state index in [0.29, 0.717) is 10.6 Å². The number of pyridine rings is 1. The van der Waals surface area contributed by atoms with Gasteiger partial charge in [-0.05, 0) is 19.1 Å². The van der Waals surface area contributed by atoms with Gasteiger partial charge in [0.2, 0.25) is 0 Å². The highest BCUT2D eigenvalue weighted by Crippen LogP contribution is 2.26. The van der Waals surface area contributed by atoms with Crippen LogP contribution in [-0.2, 0) is 0 Å². The number of rotatable bonds is 5. The van der Waals surface area contributed by atoms with E-state index in [1.807, 2.05) is 29.8 Å². The quantitative estimate of drug-likeness (QED) is 0.764. The normalized spacial score (nSPS) is 11.9. The molecule has 0 aliphatic rings. The number of methoxy groups -OCH3 is 1. The Bertz CT molecular complexity index is 799. The summed E-state index contributed by atoms with van der Waals surface area (Å²) in [6.07, 6.45) is 3.48. The van der Waals surface area contributed by atoms with E-state index in [-0.39, 0.29) is 11.9 Å². The average molecular weight is 345 g/mol. The van der Waals surface area contributed by atoms with Crippen LogP contribution in [0.3, 0.4) is 0 Å². The number of hydrogen-bond donors (Lipinski definition) is 1. The van der Waals surface area contributed by atoms with Gasteiger partial charge in [-0.1, -0.05) is 0 Å². The van der Waals surface area contributed by atoms with E-state index in [1.165, 1.54) is 22.7 Å². The van der Waals surface area contributed by atoms with Gasteiger partial charge in [0, 0.05) is 34.8 Å². The molecule has 3 aromatic rings. The fourth-order valence-corrected chi connectivity index (χ4v) is 3.61. The van der Waals surface area contributed by atoms with E-state index in [9.17, 15) is 4.79 Å². The van der Waals surface area contributed by atoms with Crippen molar-refractivity contribution >= 4 is 28.6 Å². The van der Waals surface area contributed by atoms with Gasteiger partial charge in [-0.3, -0.25) is 9.78 Å². The lowest BCUT2D eigenvalue weighted by Gasteiger charge is -2.10. The predicted octanol–water partition coefficient (Wildman–Crippen LogP) is 3.77. The number of nitrogens with zero attached hydrogens (tertiary/aromatic N) is 2. The number of ether oxygens (including phenoxy) is 1. The summed E-state index contributed by atoms with van der Waals surface area (Å²) < 4.78 is 5.10. The lowest BCUT2D eigenvalue weighted by molar-refractivity contribution is 0.0943. The molecule has 1 atom stereocenters. The Hall–Kier alpha value is -2.25. The zero-order valence-corrected chi connectivity index (χ0v) is 14.3. The summed E-state index contributed by atoms with van der Waals surface area (Å²) in [5, 5.41) is 7.63. The second-order valence-electron chi connectivity index (χ2n) is 4.85. The van der Waals surface area contributed by atoms with Crippen LogP contribution < -0.4 is 10.1 Å². The van der Waals surface area contributed by atoms with Crippen molar-refractivity contribution in [2.45, 2.75) is 13.0 Å². The van der Waals surface area contributed by atoms with Gasteiger partial charge in [0.05, 0.1) is 23.7 Å². The summed E-state index contributed by atoms with van der Waals surface area (Å²) in [6, 6.07) is 5.41. The van der Waals surface area contributed by atoms with Crippen molar-refractivity contribution in [2.24, 2.45) is 0 Å². The van der Waals surface area contributed by atoms with Crippen LogP contribution in [0.15, 0.2) is 41.4 Å². The Morgan fingerprint density at radius 2 is 2.04 bits per heavy atom. The fraction of sp³-hybridized carbons (Fsp3) is 0.188. The molecule has 0 aromatic carbocycles. The van der Waals surface area contributed by atoms with Gasteiger partial charge >= 0.3 is 0 Å². The van der Waals surface area contributed by atoms with Crippen LogP contribution >= 0.6 is 22.7 Å². The molecule has 7 heteroatoms. The molecular formula is C16H15N3O2S2. The monoisotopic (exact) mass is 345 g/mol. The zero-order chi connectivity index (χ0) is 16.2. The summed E-state index contributed by atoms with van der Waals surface area (Å²) >= 11 is 2.89. The van der Waals surface area contributed by atoms with Gasteiger partial charge in [0.25, 0.3) is 5.91 Å². The van der Waals surface area contributed by atoms with Crippen molar-refractivity contribution in [3.63, 3.8) is 0 Å². The van der Waals surface area contributed by atoms with Gasteiger partial charge in [-0.15, -0.1) is 22.7 Å². The molecule has 23 heavy (non-hydrogen) atoms. The number of amides is 1. The van der Waals surface area contributed by atoms with Crippen molar-refractivity contribution in [3.8, 4) is 17.0 Å². The Balaban J connectivity index is 1.70. The van der Waals surface area contributed by atoms with Gasteiger partial charge in [-0.25, -0.2) is 4.98 Å². The van der Waals surface area contributed by atoms with Crippen LogP contribution in [0.4, 0.5) is 0 Å². The largest absolute Gasteiger partial charge is 0.496 e. The van der Waals surface area contributed by atoms with Gasteiger partial charge in [0.15, 0.2) is 0 Å². The second kappa shape index (κ2) is 6.89. The summed E-state index contributed by atoms with van der Waals surface area (Å²) in [7, 11) is 1.59. The van der Waals surface area contributed by atoms with E-state index in [2.05, 4.69) is 15.3 Å². The van der Waals surface area contributed by atoms with Gasteiger partial charge in [0.1, 0.15) is 10.8 Å². The minimum absolute atomic E-state index is 0.119. The molecule has 5 nitrogen and oxygen atoms in total. The van der Waals surface area contributed by atoms with Crippen molar-refractivity contribution in [2.75, 3.05) is 7.11 Å². The highest BCUT2D eigenvalue weighted by atomic mass is 32.1. The standard InChI is InChI=1S/C16H15N3O2S2/c1-10(18-15(20)14-7-12(21-2)8-22-14)16-19-13(9-23-16)11-3-5-17-6-4-11/h3-10H,1-2H3,(H,18,20)/t10-/m0/s1. The lowest BCUT2D eigenvalue weighted by atomic mass is 10.2. The van der Waals surface area contributed by atoms with Crippen molar-refractivity contribution < 1.29 is 9.53 Å². The van der Waals surface area contributed by atoms with E-state index in [1.54, 1.807) is 25.6 Å². The third-order valence-corrected chi connectivity index (χ3v) is 5.19. The molecule has 0 aliphatic heterocycles. The van der Waals surface area contributed by atoms with Crippen LogP contribution in [0.2, 0.25) is 0 Å². The van der Waals surface area contributed by atoms with Crippen LogP contribution in [-0.4, -0.2) is 23.0 Å². The topological polar surface area (TPSA) is 64.1 Å². The van der Waals surface area contributed by atoms with Crippen LogP contribution in [0.1, 0.15) is 27.6 Å². The SMILES string of the molecule is COc1csc(C(=O)N[C@@H](C)c2nc(-c3ccncc3)cs2)c1. The lowest BCUT2D eigenvalue weighted by Crippen LogP contribution is -2.25. The molecule has 0 fully saturated rings. The van der Waals surface area contributed by atoms with Crippen LogP contribution in [0.5, 0.6) is 5.75 Å². The molecule has 0 unspecified atom stereocenters. The first-order valence-electron chi connectivity index (χ1n) is 6.96. The second-order valence-corrected chi connectivity index (χ2v) is 6.65. The molecule has 0 saturated carbocycles. The number of carbonyl (C=O) groups excluding carboxylic acids is 1. The molecule has 0 spiro atoms. The molecule has 1 N–H and O–H groups in total. The summed E-state index contributed by atoms with van der Waals surface area (Å²) in [4.78, 5) is 21.5. The van der Waals surface area contributed by atoms with E-state index in [0.717, 1.165) is 16.3 Å². The Labute approximate surface area is 142 Å². The number of aromatic nitrogens is 2. The third-order valence-electron chi connectivity index (χ3n) is 3.25. The van der Waals surface area contributed by atoms with E-state index >= 15 is 0 Å². The smallest absolute Gasteiger partial charge is 0.262 e. The zero-order valence-electron chi connectivity index (χ0n) is 12.6. The minimum Gasteiger partial charge on any atom is -0.496 e. The van der Waals surface area contributed by atoms with E-state index < -0.39 is 0 Å². The summed E-state index contributed by atoms with van der Waals surface area (Å²) in [6.45, 7) is 1.93. The summed E-state index contributed by atoms with van der Waals surface area (Å²) in [5.74, 6) is 0.577. The third kappa shape index (κ3) is 3.57. The highest BCUT2D eigenvalue weighted by Gasteiger charge is 2.16. The maximum atomic E-state index is 12.2. The number of thiophene rings is 1. The van der Waals surface area contributed by atoms with Crippen molar-refractivity contribution in [1.82, 2.24) is 15.3 Å². The maximum absolute atomic E-state index is 12.2. The number of nitrogens with one attached hydrogen (secondary N) is 1. The number of thiazole rings is 1. The van der Waals surface area contributed by atoms with Crippen LogP contribution in [0, 0.1) is 0 Å². The first kappa shape index (κ1) is 15.6. The van der Waals surface area contributed by atoms with Gasteiger partial charge in [-0.2, -0.15) is 0 Å². The van der Waals surface area contributed by atoms with E-state index in [4.69, 9.17) is 4.74 Å². The van der Waals surface area contributed by atoms with Crippen molar-refractivity contribution in [3.05, 3.63) is 51.2 Å². The molecule has 3 rings (SSSR count). The Morgan fingerprint density at radius 3 is 2.74 bits per heavy atom. The highest BCUT2D eigenvalue weighted by molar-refractivity contribution is 7.12. The van der Waals surface area contributed by atoms with Gasteiger partial charge < -0.3 is 10.1 Å². The molecule has 3 aromatic heterocycles. The molecule has 0 bridgehead atoms. The molecule has 0 aliphatic carbocycles. The molecule has 0 saturated heterocycles. The minimum atomic E-state index is -0.156. The Morgan fingerprint density at radius 1 is 1.26 bits per heavy atom. The predicted molar refractivity (Wildman–Crippen MR) is 92.1 cm³/mol. The first-order chi connectivity index (χ1) is 11.2. The first-order valence-corrected chi connectivity index (χ1v) is 8.72. The molecule has 118 valence electrons. The van der Waals surface area contributed by atoms with Crippen LogP contribution in [0.25, 0.3) is 11.3 Å². The molecular weight excluding hydrogens is 330 g/mol. The number of carbonyl (C=O) groups is 1. The fourth-order valence-electron chi connectivity index (χ4n) is 2.02. The molecule has 0 radical (unpaired) electrons. The summed E-state index contributed by atoms with van der Waals surface area (Å²) in [5.41, 5.74) is 1.91. The maximum Gasteiger partial charge on any atom is 0.262 e. The molecule has 1 amide bonds. The number of hydrogen-bond acceptors (Lipinski definition) is 6. The molecule has 3 heterocycles. The average Bonchev–Trinajstić information content (AvgIpc) is 3.25. The van der Waals surface area contributed by atoms with Crippen molar-refractivity contribution in [1.29, 1.82) is 0 Å². The Kier molecular flexibility index (Phi) is 4.68.